The predicted octanol–water partition coefficient (Wildman–Crippen LogP) is 2.70. The van der Waals surface area contributed by atoms with Crippen molar-refractivity contribution in [3.05, 3.63) is 41.7 Å². The molecule has 1 saturated heterocycles. The van der Waals surface area contributed by atoms with Gasteiger partial charge >= 0.3 is 0 Å². The number of hydrogen-bond acceptors (Lipinski definition) is 2. The standard InChI is InChI=1S/C14H15FN2/c1-10-13-4-2-3-11(14(13)5-6-16-10)7-17-8-12(15)9-17/h2-6,12H,7-9H2,1H3. The number of likely N-dealkylation sites (tertiary alicyclic amines) is 1. The summed E-state index contributed by atoms with van der Waals surface area (Å²) in [6.07, 6.45) is 1.21. The molecule has 0 unspecified atom stereocenters. The van der Waals surface area contributed by atoms with Crippen LogP contribution < -0.4 is 0 Å². The first-order valence-electron chi connectivity index (χ1n) is 5.93. The zero-order chi connectivity index (χ0) is 11.8. The third kappa shape index (κ3) is 1.91. The number of aromatic nitrogens is 1. The number of hydrogen-bond donors (Lipinski definition) is 0. The molecule has 1 aliphatic heterocycles. The zero-order valence-electron chi connectivity index (χ0n) is 9.86. The Morgan fingerprint density at radius 2 is 2.12 bits per heavy atom. The van der Waals surface area contributed by atoms with Crippen LogP contribution in [0, 0.1) is 6.92 Å². The maximum atomic E-state index is 12.8. The first kappa shape index (κ1) is 10.7. The van der Waals surface area contributed by atoms with Crippen molar-refractivity contribution in [1.29, 1.82) is 0 Å². The van der Waals surface area contributed by atoms with Gasteiger partial charge < -0.3 is 0 Å². The minimum absolute atomic E-state index is 0.570. The maximum Gasteiger partial charge on any atom is 0.125 e. The van der Waals surface area contributed by atoms with Gasteiger partial charge in [0.25, 0.3) is 0 Å². The van der Waals surface area contributed by atoms with E-state index in [1.165, 1.54) is 16.3 Å². The van der Waals surface area contributed by atoms with Gasteiger partial charge in [0.15, 0.2) is 0 Å². The van der Waals surface area contributed by atoms with Crippen LogP contribution in [0.3, 0.4) is 0 Å². The van der Waals surface area contributed by atoms with E-state index in [1.54, 1.807) is 0 Å². The highest BCUT2D eigenvalue weighted by Crippen LogP contribution is 2.23. The van der Waals surface area contributed by atoms with Gasteiger partial charge in [-0.25, -0.2) is 4.39 Å². The minimum Gasteiger partial charge on any atom is -0.293 e. The van der Waals surface area contributed by atoms with E-state index in [9.17, 15) is 4.39 Å². The smallest absolute Gasteiger partial charge is 0.125 e. The monoisotopic (exact) mass is 230 g/mol. The average molecular weight is 230 g/mol. The molecule has 1 aliphatic rings. The number of fused-ring (bicyclic) bond motifs is 1. The summed E-state index contributed by atoms with van der Waals surface area (Å²) in [4.78, 5) is 6.43. The minimum atomic E-state index is -0.631. The molecular weight excluding hydrogens is 215 g/mol. The highest BCUT2D eigenvalue weighted by atomic mass is 19.1. The van der Waals surface area contributed by atoms with E-state index in [-0.39, 0.29) is 0 Å². The number of rotatable bonds is 2. The van der Waals surface area contributed by atoms with Gasteiger partial charge in [-0.1, -0.05) is 18.2 Å². The quantitative estimate of drug-likeness (QED) is 0.788. The Bertz CT molecular complexity index is 547. The topological polar surface area (TPSA) is 16.1 Å². The molecule has 17 heavy (non-hydrogen) atoms. The number of halogens is 1. The summed E-state index contributed by atoms with van der Waals surface area (Å²) >= 11 is 0. The highest BCUT2D eigenvalue weighted by Gasteiger charge is 2.26. The number of aryl methyl sites for hydroxylation is 1. The van der Waals surface area contributed by atoms with Crippen LogP contribution in [0.4, 0.5) is 4.39 Å². The summed E-state index contributed by atoms with van der Waals surface area (Å²) in [6, 6.07) is 8.31. The normalized spacial score (nSPS) is 17.3. The zero-order valence-corrected chi connectivity index (χ0v) is 9.86. The van der Waals surface area contributed by atoms with Crippen LogP contribution in [0.1, 0.15) is 11.3 Å². The van der Waals surface area contributed by atoms with Crippen molar-refractivity contribution in [1.82, 2.24) is 9.88 Å². The number of alkyl halides is 1. The Labute approximate surface area is 100 Å². The van der Waals surface area contributed by atoms with Crippen LogP contribution in [0.2, 0.25) is 0 Å². The van der Waals surface area contributed by atoms with Crippen molar-refractivity contribution >= 4 is 10.8 Å². The van der Waals surface area contributed by atoms with Gasteiger partial charge in [-0.15, -0.1) is 0 Å². The molecule has 0 amide bonds. The van der Waals surface area contributed by atoms with Crippen molar-refractivity contribution in [3.8, 4) is 0 Å². The fraction of sp³-hybridized carbons (Fsp3) is 0.357. The molecule has 0 spiro atoms. The second-order valence-electron chi connectivity index (χ2n) is 4.70. The Hall–Kier alpha value is -1.48. The summed E-state index contributed by atoms with van der Waals surface area (Å²) in [6.45, 7) is 4.00. The molecule has 1 fully saturated rings. The van der Waals surface area contributed by atoms with Crippen molar-refractivity contribution in [2.75, 3.05) is 13.1 Å². The molecule has 0 atom stereocenters. The van der Waals surface area contributed by atoms with Gasteiger partial charge in [0.05, 0.1) is 0 Å². The average Bonchev–Trinajstić information content (AvgIpc) is 2.28. The number of pyridine rings is 1. The first-order chi connectivity index (χ1) is 8.24. The van der Waals surface area contributed by atoms with E-state index in [2.05, 4.69) is 28.1 Å². The second-order valence-corrected chi connectivity index (χ2v) is 4.70. The second kappa shape index (κ2) is 4.08. The van der Waals surface area contributed by atoms with Gasteiger partial charge in [-0.2, -0.15) is 0 Å². The lowest BCUT2D eigenvalue weighted by atomic mass is 10.0. The molecule has 0 bridgehead atoms. The molecule has 2 nitrogen and oxygen atoms in total. The molecule has 3 heteroatoms. The van der Waals surface area contributed by atoms with Crippen molar-refractivity contribution < 1.29 is 4.39 Å². The van der Waals surface area contributed by atoms with Gasteiger partial charge in [-0.05, 0) is 23.9 Å². The van der Waals surface area contributed by atoms with E-state index < -0.39 is 6.17 Å². The number of benzene rings is 1. The van der Waals surface area contributed by atoms with Crippen LogP contribution in [0.5, 0.6) is 0 Å². The SMILES string of the molecule is Cc1nccc2c(CN3CC(F)C3)cccc12. The van der Waals surface area contributed by atoms with Gasteiger partial charge in [0.2, 0.25) is 0 Å². The molecule has 2 heterocycles. The van der Waals surface area contributed by atoms with Crippen LogP contribution in [0.25, 0.3) is 10.8 Å². The Kier molecular flexibility index (Phi) is 2.56. The van der Waals surface area contributed by atoms with Gasteiger partial charge in [-0.3, -0.25) is 9.88 Å². The summed E-state index contributed by atoms with van der Waals surface area (Å²) in [5.41, 5.74) is 2.32. The van der Waals surface area contributed by atoms with Crippen molar-refractivity contribution in [2.24, 2.45) is 0 Å². The largest absolute Gasteiger partial charge is 0.293 e. The van der Waals surface area contributed by atoms with E-state index >= 15 is 0 Å². The first-order valence-corrected chi connectivity index (χ1v) is 5.93. The van der Waals surface area contributed by atoms with E-state index in [0.717, 1.165) is 12.2 Å². The lowest BCUT2D eigenvalue weighted by molar-refractivity contribution is 0.0595. The third-order valence-corrected chi connectivity index (χ3v) is 3.40. The molecule has 0 aliphatic carbocycles. The molecule has 0 saturated carbocycles. The van der Waals surface area contributed by atoms with E-state index in [4.69, 9.17) is 0 Å². The third-order valence-electron chi connectivity index (χ3n) is 3.40. The fourth-order valence-corrected chi connectivity index (χ4v) is 2.43. The van der Waals surface area contributed by atoms with Gasteiger partial charge in [0, 0.05) is 36.9 Å². The Morgan fingerprint density at radius 1 is 1.29 bits per heavy atom. The molecule has 3 rings (SSSR count). The summed E-state index contributed by atoms with van der Waals surface area (Å²) in [5, 5.41) is 2.43. The van der Waals surface area contributed by atoms with E-state index in [1.807, 2.05) is 19.2 Å². The Balaban J connectivity index is 1.96. The lowest BCUT2D eigenvalue weighted by Gasteiger charge is -2.34. The predicted molar refractivity (Wildman–Crippen MR) is 66.7 cm³/mol. The van der Waals surface area contributed by atoms with Crippen molar-refractivity contribution in [2.45, 2.75) is 19.6 Å². The molecule has 1 aromatic carbocycles. The highest BCUT2D eigenvalue weighted by molar-refractivity contribution is 5.87. The maximum absolute atomic E-state index is 12.8. The van der Waals surface area contributed by atoms with Crippen LogP contribution >= 0.6 is 0 Å². The van der Waals surface area contributed by atoms with Gasteiger partial charge in [0.1, 0.15) is 6.17 Å². The van der Waals surface area contributed by atoms with Crippen LogP contribution in [-0.2, 0) is 6.54 Å². The van der Waals surface area contributed by atoms with Crippen molar-refractivity contribution in [3.63, 3.8) is 0 Å². The molecule has 88 valence electrons. The van der Waals surface area contributed by atoms with Crippen LogP contribution in [0.15, 0.2) is 30.5 Å². The Morgan fingerprint density at radius 3 is 2.88 bits per heavy atom. The van der Waals surface area contributed by atoms with Crippen LogP contribution in [-0.4, -0.2) is 29.1 Å². The van der Waals surface area contributed by atoms with E-state index in [0.29, 0.717) is 13.1 Å². The molecule has 2 aromatic rings. The number of nitrogens with zero attached hydrogens (tertiary/aromatic N) is 2. The summed E-state index contributed by atoms with van der Waals surface area (Å²) < 4.78 is 12.8. The lowest BCUT2D eigenvalue weighted by Crippen LogP contribution is -2.47. The fourth-order valence-electron chi connectivity index (χ4n) is 2.43. The molecule has 0 N–H and O–H groups in total. The molecule has 0 radical (unpaired) electrons. The molecule has 1 aromatic heterocycles. The summed E-state index contributed by atoms with van der Waals surface area (Å²) in [5.74, 6) is 0. The summed E-state index contributed by atoms with van der Waals surface area (Å²) in [7, 11) is 0. The molecular formula is C14H15FN2.